The Balaban J connectivity index is 1.42. The number of anilines is 2. The highest BCUT2D eigenvalue weighted by atomic mass is 32.5. The molecule has 4 aromatic rings. The van der Waals surface area contributed by atoms with E-state index >= 15 is 4.39 Å². The number of aliphatic hydroxyl groups is 1. The SMILES string of the molecule is CNc1nc(N)nc2c1ncn2[C@@H]1O[C@H](CO[P@](=S)(N[C@@H](C)C(=O)OC(C)C)Oc2cccc3ccccc23)[C@@H](O)[C@@]1(C)F. The van der Waals surface area contributed by atoms with Crippen LogP contribution in [0.5, 0.6) is 5.75 Å². The standard InChI is InChI=1S/C28H35FN7O6PS/c1-15(2)40-25(38)16(3)35-43(44,42-19-12-8-10-17-9-6-7-11-18(17)19)39-13-20-22(37)28(4,29)26(41-20)36-14-32-21-23(31-5)33-27(30)34-24(21)36/h6-12,14-16,20,22,26,37H,13H2,1-5H3,(H,35,44)(H3,30,31,33,34)/t16-,20+,22+,26+,28+,43+/m0/s1. The maximum atomic E-state index is 16.2. The molecule has 236 valence electrons. The van der Waals surface area contributed by atoms with E-state index in [1.165, 1.54) is 17.8 Å². The van der Waals surface area contributed by atoms with Gasteiger partial charge in [-0.25, -0.2) is 14.5 Å². The second-order valence-electron chi connectivity index (χ2n) is 10.8. The van der Waals surface area contributed by atoms with Gasteiger partial charge >= 0.3 is 12.6 Å². The van der Waals surface area contributed by atoms with Gasteiger partial charge < -0.3 is 34.7 Å². The van der Waals surface area contributed by atoms with Crippen LogP contribution in [0.15, 0.2) is 48.8 Å². The first-order chi connectivity index (χ1) is 20.8. The molecule has 1 fully saturated rings. The summed E-state index contributed by atoms with van der Waals surface area (Å²) in [7, 11) is 1.64. The fraction of sp³-hybridized carbons (Fsp3) is 0.429. The maximum absolute atomic E-state index is 16.2. The van der Waals surface area contributed by atoms with E-state index in [2.05, 4.69) is 25.4 Å². The number of rotatable bonds is 11. The van der Waals surface area contributed by atoms with Crippen molar-refractivity contribution in [3.05, 3.63) is 48.8 Å². The van der Waals surface area contributed by atoms with Gasteiger partial charge in [0.1, 0.15) is 24.0 Å². The lowest BCUT2D eigenvalue weighted by Crippen LogP contribution is -2.41. The highest BCUT2D eigenvalue weighted by Crippen LogP contribution is 2.49. The van der Waals surface area contributed by atoms with E-state index in [0.29, 0.717) is 17.1 Å². The monoisotopic (exact) mass is 647 g/mol. The first kappa shape index (κ1) is 31.9. The first-order valence-corrected chi connectivity index (χ1v) is 16.6. The number of halogens is 1. The Morgan fingerprint density at radius 2 is 1.98 bits per heavy atom. The van der Waals surface area contributed by atoms with Crippen LogP contribution in [0.2, 0.25) is 0 Å². The molecule has 0 aliphatic carbocycles. The molecule has 0 unspecified atom stereocenters. The minimum Gasteiger partial charge on any atom is -0.462 e. The normalized spacial score (nSPS) is 24.0. The summed E-state index contributed by atoms with van der Waals surface area (Å²) >= 11 is 5.86. The van der Waals surface area contributed by atoms with Gasteiger partial charge in [0.05, 0.1) is 19.0 Å². The van der Waals surface area contributed by atoms with Crippen LogP contribution < -0.4 is 20.7 Å². The topological polar surface area (TPSA) is 168 Å². The highest BCUT2D eigenvalue weighted by molar-refractivity contribution is 8.09. The minimum absolute atomic E-state index is 0.0509. The second kappa shape index (κ2) is 12.5. The van der Waals surface area contributed by atoms with Crippen molar-refractivity contribution in [3.63, 3.8) is 0 Å². The average Bonchev–Trinajstić information content (AvgIpc) is 3.48. The molecule has 2 aromatic carbocycles. The van der Waals surface area contributed by atoms with E-state index in [4.69, 9.17) is 36.1 Å². The third-order valence-electron chi connectivity index (χ3n) is 7.08. The van der Waals surface area contributed by atoms with E-state index < -0.39 is 42.8 Å². The third kappa shape index (κ3) is 6.34. The number of carbonyl (C=O) groups is 1. The van der Waals surface area contributed by atoms with E-state index in [-0.39, 0.29) is 24.3 Å². The quantitative estimate of drug-likeness (QED) is 0.137. The zero-order chi connectivity index (χ0) is 31.8. The number of fused-ring (bicyclic) bond motifs is 2. The minimum atomic E-state index is -3.55. The summed E-state index contributed by atoms with van der Waals surface area (Å²) in [6, 6.07) is 12.1. The molecule has 1 aliphatic heterocycles. The summed E-state index contributed by atoms with van der Waals surface area (Å²) in [6.45, 7) is 2.33. The number of nitrogens with two attached hydrogens (primary N) is 1. The van der Waals surface area contributed by atoms with Crippen LogP contribution in [-0.4, -0.2) is 74.3 Å². The van der Waals surface area contributed by atoms with Crippen LogP contribution in [0.25, 0.3) is 21.9 Å². The number of nitrogens with zero attached hydrogens (tertiary/aromatic N) is 4. The van der Waals surface area contributed by atoms with Crippen molar-refractivity contribution in [2.45, 2.75) is 63.9 Å². The molecule has 0 bridgehead atoms. The number of benzene rings is 2. The number of aliphatic hydroxyl groups excluding tert-OH is 1. The van der Waals surface area contributed by atoms with Gasteiger partial charge in [-0.3, -0.25) is 9.36 Å². The number of nitrogen functional groups attached to an aromatic ring is 1. The Hall–Kier alpha value is -3.46. The summed E-state index contributed by atoms with van der Waals surface area (Å²) in [5.74, 6) is 0.173. The van der Waals surface area contributed by atoms with Crippen molar-refractivity contribution >= 4 is 58.1 Å². The van der Waals surface area contributed by atoms with Gasteiger partial charge in [0.25, 0.3) is 0 Å². The summed E-state index contributed by atoms with van der Waals surface area (Å²) in [6.07, 6.45) is -3.18. The average molecular weight is 648 g/mol. The van der Waals surface area contributed by atoms with Crippen LogP contribution in [0.3, 0.4) is 0 Å². The van der Waals surface area contributed by atoms with Gasteiger partial charge in [0.15, 0.2) is 28.9 Å². The number of nitrogens with one attached hydrogen (secondary N) is 2. The van der Waals surface area contributed by atoms with Gasteiger partial charge in [-0.15, -0.1) is 0 Å². The van der Waals surface area contributed by atoms with Gasteiger partial charge in [0.2, 0.25) is 5.95 Å². The molecule has 1 aliphatic rings. The van der Waals surface area contributed by atoms with Crippen molar-refractivity contribution in [2.24, 2.45) is 0 Å². The number of esters is 1. The van der Waals surface area contributed by atoms with E-state index in [1.807, 2.05) is 36.4 Å². The van der Waals surface area contributed by atoms with Gasteiger partial charge in [-0.2, -0.15) is 9.97 Å². The molecule has 13 nitrogen and oxygen atoms in total. The molecule has 5 N–H and O–H groups in total. The highest BCUT2D eigenvalue weighted by Gasteiger charge is 2.56. The predicted molar refractivity (Wildman–Crippen MR) is 167 cm³/mol. The number of alkyl halides is 1. The molecule has 5 rings (SSSR count). The van der Waals surface area contributed by atoms with Crippen LogP contribution >= 0.6 is 6.64 Å². The molecule has 3 heterocycles. The molecule has 6 atom stereocenters. The molecule has 0 spiro atoms. The molecule has 1 saturated heterocycles. The number of ether oxygens (including phenoxy) is 2. The molecule has 0 saturated carbocycles. The third-order valence-corrected chi connectivity index (χ3v) is 9.56. The van der Waals surface area contributed by atoms with Crippen LogP contribution in [-0.2, 0) is 30.6 Å². The van der Waals surface area contributed by atoms with Crippen molar-refractivity contribution in [2.75, 3.05) is 24.7 Å². The molecule has 0 amide bonds. The summed E-state index contributed by atoms with van der Waals surface area (Å²) < 4.78 is 41.3. The molecule has 16 heteroatoms. The smallest absolute Gasteiger partial charge is 0.323 e. The number of imidazole rings is 1. The Labute approximate surface area is 258 Å². The Morgan fingerprint density at radius 1 is 1.25 bits per heavy atom. The van der Waals surface area contributed by atoms with Crippen molar-refractivity contribution in [1.29, 1.82) is 0 Å². The lowest BCUT2D eigenvalue weighted by atomic mass is 9.98. The lowest BCUT2D eigenvalue weighted by Gasteiger charge is -2.28. The summed E-state index contributed by atoms with van der Waals surface area (Å²) in [4.78, 5) is 25.3. The lowest BCUT2D eigenvalue weighted by molar-refractivity contribution is -0.149. The zero-order valence-corrected chi connectivity index (χ0v) is 26.5. The van der Waals surface area contributed by atoms with Gasteiger partial charge in [-0.1, -0.05) is 36.4 Å². The van der Waals surface area contributed by atoms with E-state index in [0.717, 1.165) is 10.8 Å². The molecule has 44 heavy (non-hydrogen) atoms. The summed E-state index contributed by atoms with van der Waals surface area (Å²) in [5, 5.41) is 18.6. The fourth-order valence-electron chi connectivity index (χ4n) is 4.92. The predicted octanol–water partition coefficient (Wildman–Crippen LogP) is 3.84. The molecular formula is C28H35FN7O6PS. The second-order valence-corrected chi connectivity index (χ2v) is 14.0. The molecule has 2 aromatic heterocycles. The molecular weight excluding hydrogens is 612 g/mol. The number of hydrogen-bond acceptors (Lipinski definition) is 12. The number of aromatic nitrogens is 4. The number of carbonyl (C=O) groups excluding carboxylic acids is 1. The fourth-order valence-corrected chi connectivity index (χ4v) is 7.34. The Morgan fingerprint density at radius 3 is 2.70 bits per heavy atom. The van der Waals surface area contributed by atoms with Crippen molar-refractivity contribution in [3.8, 4) is 5.75 Å². The van der Waals surface area contributed by atoms with Crippen LogP contribution in [0.4, 0.5) is 16.2 Å². The number of hydrogen-bond donors (Lipinski definition) is 4. The van der Waals surface area contributed by atoms with E-state index in [9.17, 15) is 9.90 Å². The van der Waals surface area contributed by atoms with Gasteiger partial charge in [-0.05, 0) is 51.0 Å². The van der Waals surface area contributed by atoms with Crippen LogP contribution in [0.1, 0.15) is 33.9 Å². The Kier molecular flexibility index (Phi) is 9.08. The van der Waals surface area contributed by atoms with E-state index in [1.54, 1.807) is 33.9 Å². The first-order valence-electron chi connectivity index (χ1n) is 13.9. The summed E-state index contributed by atoms with van der Waals surface area (Å²) in [5.41, 5.74) is 4.12. The Bertz CT molecular complexity index is 1720. The van der Waals surface area contributed by atoms with Crippen LogP contribution in [0, 0.1) is 0 Å². The zero-order valence-electron chi connectivity index (χ0n) is 24.8. The van der Waals surface area contributed by atoms with Crippen molar-refractivity contribution < 1.29 is 32.8 Å². The molecule has 0 radical (unpaired) electrons. The maximum Gasteiger partial charge on any atom is 0.323 e. The van der Waals surface area contributed by atoms with Crippen molar-refractivity contribution in [1.82, 2.24) is 24.6 Å². The largest absolute Gasteiger partial charge is 0.462 e. The van der Waals surface area contributed by atoms with Gasteiger partial charge in [0, 0.05) is 12.4 Å².